The van der Waals surface area contributed by atoms with E-state index in [0.717, 1.165) is 44.1 Å². The third-order valence-electron chi connectivity index (χ3n) is 4.73. The summed E-state index contributed by atoms with van der Waals surface area (Å²) in [6, 6.07) is 6.21. The molecule has 0 amide bonds. The van der Waals surface area contributed by atoms with Gasteiger partial charge < -0.3 is 20.1 Å². The largest absolute Gasteiger partial charge is 0.454 e. The predicted octanol–water partition coefficient (Wildman–Crippen LogP) is 0.923. The fourth-order valence-electron chi connectivity index (χ4n) is 3.15. The molecule has 2 aliphatic heterocycles. The lowest BCUT2D eigenvalue weighted by atomic mass is 9.90. The molecule has 0 radical (unpaired) electrons. The Labute approximate surface area is 126 Å². The van der Waals surface area contributed by atoms with Gasteiger partial charge >= 0.3 is 0 Å². The summed E-state index contributed by atoms with van der Waals surface area (Å²) in [7, 11) is 2.18. The Kier molecular flexibility index (Phi) is 4.06. The van der Waals surface area contributed by atoms with Crippen molar-refractivity contribution in [1.29, 1.82) is 0 Å². The second-order valence-electron chi connectivity index (χ2n) is 6.36. The number of nitrogens with zero attached hydrogens (tertiary/aromatic N) is 2. The molecule has 0 aliphatic carbocycles. The van der Waals surface area contributed by atoms with Gasteiger partial charge in [-0.15, -0.1) is 0 Å². The lowest BCUT2D eigenvalue weighted by molar-refractivity contribution is 0.0559. The molecule has 1 fully saturated rings. The van der Waals surface area contributed by atoms with Crippen molar-refractivity contribution in [2.75, 3.05) is 46.6 Å². The zero-order valence-corrected chi connectivity index (χ0v) is 13.0. The minimum Gasteiger partial charge on any atom is -0.454 e. The summed E-state index contributed by atoms with van der Waals surface area (Å²) in [6.07, 6.45) is 0.934. The van der Waals surface area contributed by atoms with E-state index in [2.05, 4.69) is 35.9 Å². The molecule has 0 saturated carbocycles. The molecule has 21 heavy (non-hydrogen) atoms. The Hall–Kier alpha value is -1.30. The summed E-state index contributed by atoms with van der Waals surface area (Å²) in [5.74, 6) is 1.69. The first kappa shape index (κ1) is 14.6. The summed E-state index contributed by atoms with van der Waals surface area (Å²) in [6.45, 7) is 7.62. The number of rotatable bonds is 4. The van der Waals surface area contributed by atoms with Crippen LogP contribution in [-0.2, 0) is 6.42 Å². The number of benzene rings is 1. The fourth-order valence-corrected chi connectivity index (χ4v) is 3.15. The Bertz CT molecular complexity index is 500. The van der Waals surface area contributed by atoms with Crippen molar-refractivity contribution < 1.29 is 9.47 Å². The Balaban J connectivity index is 1.74. The molecule has 0 aromatic heterocycles. The number of nitrogens with two attached hydrogens (primary N) is 1. The van der Waals surface area contributed by atoms with Crippen molar-refractivity contribution in [2.45, 2.75) is 18.9 Å². The van der Waals surface area contributed by atoms with Crippen molar-refractivity contribution in [3.05, 3.63) is 23.8 Å². The zero-order chi connectivity index (χ0) is 14.9. The molecule has 5 nitrogen and oxygen atoms in total. The second kappa shape index (κ2) is 5.83. The van der Waals surface area contributed by atoms with E-state index in [1.807, 2.05) is 6.07 Å². The average Bonchev–Trinajstić information content (AvgIpc) is 2.95. The monoisotopic (exact) mass is 291 g/mol. The minimum atomic E-state index is -0.00500. The highest BCUT2D eigenvalue weighted by atomic mass is 16.7. The number of piperazine rings is 1. The molecule has 5 heteroatoms. The molecule has 1 unspecified atom stereocenters. The van der Waals surface area contributed by atoms with E-state index >= 15 is 0 Å². The van der Waals surface area contributed by atoms with Crippen molar-refractivity contribution in [3.8, 4) is 11.5 Å². The number of likely N-dealkylation sites (N-methyl/N-ethyl adjacent to an activating group) is 1. The van der Waals surface area contributed by atoms with E-state index < -0.39 is 0 Å². The van der Waals surface area contributed by atoms with Crippen molar-refractivity contribution in [2.24, 2.45) is 5.73 Å². The van der Waals surface area contributed by atoms with Crippen LogP contribution in [-0.4, -0.2) is 61.9 Å². The summed E-state index contributed by atoms with van der Waals surface area (Å²) in [5, 5.41) is 0. The van der Waals surface area contributed by atoms with E-state index in [1.165, 1.54) is 5.56 Å². The molecule has 1 atom stereocenters. The van der Waals surface area contributed by atoms with Crippen LogP contribution in [0.25, 0.3) is 0 Å². The first-order valence-corrected chi connectivity index (χ1v) is 7.63. The SMILES string of the molecule is CN1CCN(C(C)(CN)Cc2ccc3c(c2)OCO3)CC1. The van der Waals surface area contributed by atoms with Crippen molar-refractivity contribution in [3.63, 3.8) is 0 Å². The summed E-state index contributed by atoms with van der Waals surface area (Å²) >= 11 is 0. The van der Waals surface area contributed by atoms with Gasteiger partial charge in [-0.05, 0) is 38.1 Å². The molecule has 0 bridgehead atoms. The van der Waals surface area contributed by atoms with Gasteiger partial charge in [0, 0.05) is 38.3 Å². The molecule has 0 spiro atoms. The quantitative estimate of drug-likeness (QED) is 0.894. The van der Waals surface area contributed by atoms with E-state index in [-0.39, 0.29) is 5.54 Å². The first-order valence-electron chi connectivity index (χ1n) is 7.63. The highest BCUT2D eigenvalue weighted by Gasteiger charge is 2.32. The standard InChI is InChI=1S/C16H25N3O2/c1-16(11-17,19-7-5-18(2)6-8-19)10-13-3-4-14-15(9-13)21-12-20-14/h3-4,9H,5-8,10-12,17H2,1-2H3. The van der Waals surface area contributed by atoms with Crippen LogP contribution < -0.4 is 15.2 Å². The van der Waals surface area contributed by atoms with E-state index in [9.17, 15) is 0 Å². The summed E-state index contributed by atoms with van der Waals surface area (Å²) in [4.78, 5) is 4.89. The van der Waals surface area contributed by atoms with Crippen LogP contribution in [0.2, 0.25) is 0 Å². The second-order valence-corrected chi connectivity index (χ2v) is 6.36. The van der Waals surface area contributed by atoms with E-state index in [1.54, 1.807) is 0 Å². The Morgan fingerprint density at radius 3 is 2.57 bits per heavy atom. The van der Waals surface area contributed by atoms with Crippen LogP contribution in [0.15, 0.2) is 18.2 Å². The first-order chi connectivity index (χ1) is 10.1. The van der Waals surface area contributed by atoms with Crippen LogP contribution in [0.5, 0.6) is 11.5 Å². The van der Waals surface area contributed by atoms with Crippen LogP contribution >= 0.6 is 0 Å². The van der Waals surface area contributed by atoms with E-state index in [0.29, 0.717) is 13.3 Å². The molecule has 2 N–H and O–H groups in total. The zero-order valence-electron chi connectivity index (χ0n) is 13.0. The topological polar surface area (TPSA) is 51.0 Å². The molecular weight excluding hydrogens is 266 g/mol. The molecule has 2 heterocycles. The highest BCUT2D eigenvalue weighted by molar-refractivity contribution is 5.44. The summed E-state index contributed by atoms with van der Waals surface area (Å²) in [5.41, 5.74) is 7.37. The van der Waals surface area contributed by atoms with Gasteiger partial charge in [0.1, 0.15) is 0 Å². The maximum Gasteiger partial charge on any atom is 0.231 e. The van der Waals surface area contributed by atoms with E-state index in [4.69, 9.17) is 15.2 Å². The van der Waals surface area contributed by atoms with Gasteiger partial charge in [0.15, 0.2) is 11.5 Å². The van der Waals surface area contributed by atoms with Gasteiger partial charge in [-0.2, -0.15) is 0 Å². The van der Waals surface area contributed by atoms with Crippen LogP contribution in [0.3, 0.4) is 0 Å². The smallest absolute Gasteiger partial charge is 0.231 e. The Morgan fingerprint density at radius 2 is 1.86 bits per heavy atom. The van der Waals surface area contributed by atoms with Gasteiger partial charge in [-0.3, -0.25) is 4.90 Å². The van der Waals surface area contributed by atoms with Gasteiger partial charge in [-0.25, -0.2) is 0 Å². The molecule has 1 aromatic rings. The molecular formula is C16H25N3O2. The number of hydrogen-bond donors (Lipinski definition) is 1. The number of fused-ring (bicyclic) bond motifs is 1. The van der Waals surface area contributed by atoms with Crippen molar-refractivity contribution in [1.82, 2.24) is 9.80 Å². The summed E-state index contributed by atoms with van der Waals surface area (Å²) < 4.78 is 10.8. The van der Waals surface area contributed by atoms with Gasteiger partial charge in [0.25, 0.3) is 0 Å². The van der Waals surface area contributed by atoms with Crippen LogP contribution in [0.4, 0.5) is 0 Å². The molecule has 1 aromatic carbocycles. The van der Waals surface area contributed by atoms with Crippen LogP contribution in [0.1, 0.15) is 12.5 Å². The number of hydrogen-bond acceptors (Lipinski definition) is 5. The number of ether oxygens (including phenoxy) is 2. The van der Waals surface area contributed by atoms with Gasteiger partial charge in [0.05, 0.1) is 0 Å². The molecule has 116 valence electrons. The fraction of sp³-hybridized carbons (Fsp3) is 0.625. The van der Waals surface area contributed by atoms with Gasteiger partial charge in [0.2, 0.25) is 6.79 Å². The average molecular weight is 291 g/mol. The Morgan fingerprint density at radius 1 is 1.14 bits per heavy atom. The molecule has 3 rings (SSSR count). The predicted molar refractivity (Wildman–Crippen MR) is 82.8 cm³/mol. The van der Waals surface area contributed by atoms with Crippen LogP contribution in [0, 0.1) is 0 Å². The third kappa shape index (κ3) is 3.00. The third-order valence-corrected chi connectivity index (χ3v) is 4.73. The minimum absolute atomic E-state index is 0.00500. The normalized spacial score (nSPS) is 22.2. The lowest BCUT2D eigenvalue weighted by Crippen LogP contribution is -2.59. The highest BCUT2D eigenvalue weighted by Crippen LogP contribution is 2.34. The van der Waals surface area contributed by atoms with Crippen molar-refractivity contribution >= 4 is 0 Å². The maximum atomic E-state index is 6.12. The lowest BCUT2D eigenvalue weighted by Gasteiger charge is -2.45. The maximum absolute atomic E-state index is 6.12. The molecule has 1 saturated heterocycles. The molecule has 2 aliphatic rings. The van der Waals surface area contributed by atoms with Gasteiger partial charge in [-0.1, -0.05) is 6.07 Å².